The van der Waals surface area contributed by atoms with Crippen LogP contribution in [0.25, 0.3) is 21.5 Å². The van der Waals surface area contributed by atoms with Gasteiger partial charge in [0.15, 0.2) is 16.1 Å². The fourth-order valence-corrected chi connectivity index (χ4v) is 5.72. The van der Waals surface area contributed by atoms with E-state index in [1.165, 1.54) is 16.5 Å². The highest BCUT2D eigenvalue weighted by molar-refractivity contribution is 7.99. The summed E-state index contributed by atoms with van der Waals surface area (Å²) in [5.41, 5.74) is 1.53. The van der Waals surface area contributed by atoms with E-state index in [0.717, 1.165) is 28.1 Å². The topological polar surface area (TPSA) is 99.0 Å². The Morgan fingerprint density at radius 1 is 1.30 bits per heavy atom. The Balaban J connectivity index is 1.48. The first kappa shape index (κ1) is 23.1. The molecule has 0 saturated heterocycles. The summed E-state index contributed by atoms with van der Waals surface area (Å²) in [7, 11) is 0. The summed E-state index contributed by atoms with van der Waals surface area (Å²) in [6, 6.07) is 8.15. The number of aryl methyl sites for hydroxylation is 1. The number of carbonyl (C=O) groups is 2. The average Bonchev–Trinajstić information content (AvgIpc) is 3.49. The molecule has 33 heavy (non-hydrogen) atoms. The number of allylic oxidation sites excluding steroid dienone is 1. The Labute approximate surface area is 202 Å². The summed E-state index contributed by atoms with van der Waals surface area (Å²) in [6.45, 7) is 8.09. The van der Waals surface area contributed by atoms with Crippen LogP contribution in [0, 0.1) is 6.92 Å². The van der Waals surface area contributed by atoms with Crippen LogP contribution in [0.3, 0.4) is 0 Å². The molecule has 0 fully saturated rings. The van der Waals surface area contributed by atoms with Gasteiger partial charge in [0.25, 0.3) is 0 Å². The van der Waals surface area contributed by atoms with Crippen molar-refractivity contribution in [2.24, 2.45) is 0 Å². The van der Waals surface area contributed by atoms with E-state index < -0.39 is 5.97 Å². The number of amides is 1. The van der Waals surface area contributed by atoms with Crippen LogP contribution in [0.2, 0.25) is 0 Å². The lowest BCUT2D eigenvalue weighted by atomic mass is 10.1. The molecule has 0 aliphatic carbocycles. The van der Waals surface area contributed by atoms with Gasteiger partial charge in [0.05, 0.1) is 18.1 Å². The number of fused-ring (bicyclic) bond motifs is 1. The van der Waals surface area contributed by atoms with Crippen LogP contribution in [0.5, 0.6) is 0 Å². The number of nitrogens with zero attached hydrogens (tertiary/aromatic N) is 4. The molecule has 4 aromatic rings. The van der Waals surface area contributed by atoms with E-state index in [0.29, 0.717) is 27.4 Å². The predicted molar refractivity (Wildman–Crippen MR) is 133 cm³/mol. The second kappa shape index (κ2) is 10.3. The Kier molecular flexibility index (Phi) is 7.21. The van der Waals surface area contributed by atoms with Gasteiger partial charge in [-0.05, 0) is 19.9 Å². The van der Waals surface area contributed by atoms with E-state index >= 15 is 0 Å². The Hall–Kier alpha value is -3.02. The maximum absolute atomic E-state index is 12.5. The molecule has 11 heteroatoms. The van der Waals surface area contributed by atoms with Crippen molar-refractivity contribution >= 4 is 61.5 Å². The van der Waals surface area contributed by atoms with Crippen molar-refractivity contribution in [3.63, 3.8) is 0 Å². The smallest absolute Gasteiger partial charge is 0.350 e. The molecule has 170 valence electrons. The van der Waals surface area contributed by atoms with E-state index in [1.54, 1.807) is 31.3 Å². The van der Waals surface area contributed by atoms with E-state index in [2.05, 4.69) is 44.6 Å². The van der Waals surface area contributed by atoms with E-state index in [1.807, 2.05) is 16.7 Å². The van der Waals surface area contributed by atoms with Crippen LogP contribution in [-0.2, 0) is 16.1 Å². The molecule has 3 aromatic heterocycles. The van der Waals surface area contributed by atoms with Crippen LogP contribution < -0.4 is 5.32 Å². The highest BCUT2D eigenvalue weighted by atomic mass is 32.2. The molecule has 0 unspecified atom stereocenters. The number of hydrogen-bond acceptors (Lipinski definition) is 9. The number of thiazole rings is 1. The monoisotopic (exact) mass is 499 g/mol. The minimum atomic E-state index is -0.437. The summed E-state index contributed by atoms with van der Waals surface area (Å²) in [5, 5.41) is 15.6. The molecule has 0 aliphatic rings. The molecule has 0 saturated carbocycles. The Morgan fingerprint density at radius 3 is 2.91 bits per heavy atom. The van der Waals surface area contributed by atoms with Gasteiger partial charge in [-0.2, -0.15) is 0 Å². The van der Waals surface area contributed by atoms with Crippen LogP contribution in [0.15, 0.2) is 47.5 Å². The largest absolute Gasteiger partial charge is 0.462 e. The third-order valence-corrected chi connectivity index (χ3v) is 7.57. The summed E-state index contributed by atoms with van der Waals surface area (Å²) in [4.78, 5) is 29.1. The molecule has 0 atom stereocenters. The SMILES string of the molecule is C=CCn1c(SCC(=O)Nc2nc(C)c(C(=O)OCC)s2)nnc1-c1csc2ccccc12. The van der Waals surface area contributed by atoms with E-state index in [9.17, 15) is 9.59 Å². The number of thiophene rings is 1. The van der Waals surface area contributed by atoms with Gasteiger partial charge in [-0.3, -0.25) is 9.36 Å². The van der Waals surface area contributed by atoms with E-state index in [-0.39, 0.29) is 18.3 Å². The predicted octanol–water partition coefficient (Wildman–Crippen LogP) is 5.02. The lowest BCUT2D eigenvalue weighted by molar-refractivity contribution is -0.113. The minimum Gasteiger partial charge on any atom is -0.462 e. The zero-order valence-corrected chi connectivity index (χ0v) is 20.5. The minimum absolute atomic E-state index is 0.118. The number of aromatic nitrogens is 4. The van der Waals surface area contributed by atoms with Crippen LogP contribution in [-0.4, -0.2) is 44.0 Å². The van der Waals surface area contributed by atoms with Crippen LogP contribution in [0.4, 0.5) is 5.13 Å². The maximum Gasteiger partial charge on any atom is 0.350 e. The number of hydrogen-bond donors (Lipinski definition) is 1. The lowest BCUT2D eigenvalue weighted by Crippen LogP contribution is -2.14. The average molecular weight is 500 g/mol. The molecule has 0 spiro atoms. The van der Waals surface area contributed by atoms with Crippen molar-refractivity contribution in [2.75, 3.05) is 17.7 Å². The number of thioether (sulfide) groups is 1. The quantitative estimate of drug-likeness (QED) is 0.196. The third kappa shape index (κ3) is 5.00. The molecule has 1 amide bonds. The normalized spacial score (nSPS) is 11.0. The van der Waals surface area contributed by atoms with Gasteiger partial charge in [-0.15, -0.1) is 28.1 Å². The van der Waals surface area contributed by atoms with Gasteiger partial charge in [-0.1, -0.05) is 47.4 Å². The van der Waals surface area contributed by atoms with Gasteiger partial charge in [-0.25, -0.2) is 9.78 Å². The fraction of sp³-hybridized carbons (Fsp3) is 0.227. The molecule has 0 radical (unpaired) electrons. The number of esters is 1. The molecule has 1 N–H and O–H groups in total. The zero-order chi connectivity index (χ0) is 23.4. The molecule has 0 bridgehead atoms. The number of carbonyl (C=O) groups excluding carboxylic acids is 2. The molecular formula is C22H21N5O3S3. The van der Waals surface area contributed by atoms with Gasteiger partial charge in [0, 0.05) is 27.6 Å². The summed E-state index contributed by atoms with van der Waals surface area (Å²) in [5.74, 6) is 0.172. The van der Waals surface area contributed by atoms with Crippen molar-refractivity contribution in [1.82, 2.24) is 19.7 Å². The number of rotatable bonds is 9. The van der Waals surface area contributed by atoms with Gasteiger partial charge >= 0.3 is 5.97 Å². The van der Waals surface area contributed by atoms with Crippen molar-refractivity contribution in [1.29, 1.82) is 0 Å². The van der Waals surface area contributed by atoms with E-state index in [4.69, 9.17) is 4.74 Å². The molecule has 1 aromatic carbocycles. The number of nitrogens with one attached hydrogen (secondary N) is 1. The van der Waals surface area contributed by atoms with Crippen LogP contribution >= 0.6 is 34.4 Å². The molecular weight excluding hydrogens is 478 g/mol. The number of ether oxygens (including phenoxy) is 1. The summed E-state index contributed by atoms with van der Waals surface area (Å²) < 4.78 is 8.14. The molecule has 8 nitrogen and oxygen atoms in total. The zero-order valence-electron chi connectivity index (χ0n) is 18.0. The van der Waals surface area contributed by atoms with Crippen molar-refractivity contribution in [3.8, 4) is 11.4 Å². The third-order valence-electron chi connectivity index (χ3n) is 4.59. The number of anilines is 1. The standard InChI is InChI=1S/C22H21N5O3S3/c1-4-10-27-19(15-11-31-16-9-7-6-8-14(15)16)25-26-22(27)32-12-17(28)24-21-23-13(3)18(33-21)20(29)30-5-2/h4,6-9,11H,1,5,10,12H2,2-3H3,(H,23,24,28). The Morgan fingerprint density at radius 2 is 2.12 bits per heavy atom. The second-order valence-corrected chi connectivity index (χ2v) is 9.69. The first-order valence-corrected chi connectivity index (χ1v) is 12.8. The highest BCUT2D eigenvalue weighted by Gasteiger charge is 2.20. The summed E-state index contributed by atoms with van der Waals surface area (Å²) in [6.07, 6.45) is 1.78. The van der Waals surface area contributed by atoms with Crippen LogP contribution in [0.1, 0.15) is 22.3 Å². The Bertz CT molecular complexity index is 1320. The molecule has 4 rings (SSSR count). The lowest BCUT2D eigenvalue weighted by Gasteiger charge is -2.07. The second-order valence-electron chi connectivity index (χ2n) is 6.84. The van der Waals surface area contributed by atoms with Gasteiger partial charge in [0.1, 0.15) is 4.88 Å². The van der Waals surface area contributed by atoms with Crippen molar-refractivity contribution < 1.29 is 14.3 Å². The number of benzene rings is 1. The summed E-state index contributed by atoms with van der Waals surface area (Å²) >= 11 is 4.04. The van der Waals surface area contributed by atoms with Crippen molar-refractivity contribution in [2.45, 2.75) is 25.5 Å². The first-order chi connectivity index (χ1) is 16.0. The maximum atomic E-state index is 12.5. The van der Waals surface area contributed by atoms with Gasteiger partial charge < -0.3 is 10.1 Å². The van der Waals surface area contributed by atoms with Gasteiger partial charge in [0.2, 0.25) is 5.91 Å². The highest BCUT2D eigenvalue weighted by Crippen LogP contribution is 2.34. The molecule has 0 aliphatic heterocycles. The molecule has 3 heterocycles. The van der Waals surface area contributed by atoms with Crippen molar-refractivity contribution in [3.05, 3.63) is 52.9 Å². The fourth-order valence-electron chi connectivity index (χ4n) is 3.16. The first-order valence-electron chi connectivity index (χ1n) is 10.1.